The molecule has 2 amide bonds. The highest BCUT2D eigenvalue weighted by atomic mass is 16.6. The van der Waals surface area contributed by atoms with Crippen molar-refractivity contribution in [3.05, 3.63) is 89.0 Å². The van der Waals surface area contributed by atoms with E-state index < -0.39 is 17.6 Å². The zero-order valence-corrected chi connectivity index (χ0v) is 19.2. The summed E-state index contributed by atoms with van der Waals surface area (Å²) in [6.07, 6.45) is 0.808. The van der Waals surface area contributed by atoms with Gasteiger partial charge in [-0.05, 0) is 73.5 Å². The smallest absolute Gasteiger partial charge is 0.415 e. The maximum Gasteiger partial charge on any atom is 0.415 e. The SMILES string of the molecule is CCCc1cc(C(=O)c2ccc(OC)cc2)ccc1Oc1cccc([C@@]2(C)OC(=O)NC2=O)c1. The standard InChI is InChI=1S/C27H25NO6/c1-4-6-18-15-19(24(29)17-9-12-21(32-3)13-10-17)11-14-23(18)33-22-8-5-7-20(16-22)27(2)25(30)28-26(31)34-27/h5,7-16H,4,6H2,1-3H3,(H,28,30,31)/t27-/m1/s1. The third kappa shape index (κ3) is 4.50. The number of ether oxygens (including phenoxy) is 3. The van der Waals surface area contributed by atoms with E-state index in [1.807, 2.05) is 6.07 Å². The van der Waals surface area contributed by atoms with Crippen LogP contribution < -0.4 is 14.8 Å². The molecule has 0 aliphatic carbocycles. The maximum absolute atomic E-state index is 13.0. The van der Waals surface area contributed by atoms with E-state index in [0.717, 1.165) is 18.4 Å². The average Bonchev–Trinajstić information content (AvgIpc) is 3.12. The number of amides is 2. The molecule has 3 aromatic rings. The fourth-order valence-corrected chi connectivity index (χ4v) is 3.84. The molecule has 1 N–H and O–H groups in total. The van der Waals surface area contributed by atoms with Crippen LogP contribution in [0.15, 0.2) is 66.7 Å². The topological polar surface area (TPSA) is 90.9 Å². The van der Waals surface area contributed by atoms with Crippen LogP contribution in [0, 0.1) is 0 Å². The summed E-state index contributed by atoms with van der Waals surface area (Å²) in [5.41, 5.74) is 1.11. The zero-order valence-electron chi connectivity index (χ0n) is 19.2. The lowest BCUT2D eigenvalue weighted by Crippen LogP contribution is -2.33. The van der Waals surface area contributed by atoms with Gasteiger partial charge in [-0.3, -0.25) is 14.9 Å². The van der Waals surface area contributed by atoms with E-state index in [2.05, 4.69) is 12.2 Å². The Labute approximate surface area is 197 Å². The maximum atomic E-state index is 13.0. The molecule has 1 atom stereocenters. The minimum Gasteiger partial charge on any atom is -0.497 e. The summed E-state index contributed by atoms with van der Waals surface area (Å²) < 4.78 is 16.5. The van der Waals surface area contributed by atoms with Gasteiger partial charge < -0.3 is 14.2 Å². The molecule has 34 heavy (non-hydrogen) atoms. The highest BCUT2D eigenvalue weighted by molar-refractivity contribution is 6.09. The molecule has 174 valence electrons. The molecular weight excluding hydrogens is 434 g/mol. The Morgan fingerprint density at radius 2 is 1.71 bits per heavy atom. The van der Waals surface area contributed by atoms with E-state index in [-0.39, 0.29) is 5.78 Å². The molecule has 0 unspecified atom stereocenters. The number of benzene rings is 3. The van der Waals surface area contributed by atoms with Gasteiger partial charge in [0.1, 0.15) is 17.2 Å². The Kier molecular flexibility index (Phi) is 6.36. The van der Waals surface area contributed by atoms with Gasteiger partial charge in [-0.1, -0.05) is 25.5 Å². The second-order valence-corrected chi connectivity index (χ2v) is 8.14. The van der Waals surface area contributed by atoms with Crippen LogP contribution in [0.3, 0.4) is 0 Å². The highest BCUT2D eigenvalue weighted by Crippen LogP contribution is 2.34. The Bertz CT molecular complexity index is 1250. The number of hydrogen-bond donors (Lipinski definition) is 1. The first-order valence-electron chi connectivity index (χ1n) is 11.0. The minimum atomic E-state index is -1.42. The van der Waals surface area contributed by atoms with Gasteiger partial charge in [-0.15, -0.1) is 0 Å². The normalized spacial score (nSPS) is 17.1. The van der Waals surface area contributed by atoms with Crippen molar-refractivity contribution in [2.75, 3.05) is 7.11 Å². The summed E-state index contributed by atoms with van der Waals surface area (Å²) in [6.45, 7) is 3.59. The lowest BCUT2D eigenvalue weighted by molar-refractivity contribution is -0.130. The summed E-state index contributed by atoms with van der Waals surface area (Å²) in [4.78, 5) is 36.8. The number of rotatable bonds is 8. The molecule has 0 saturated carbocycles. The number of alkyl carbamates (subject to hydrolysis) is 1. The number of methoxy groups -OCH3 is 1. The van der Waals surface area contributed by atoms with E-state index in [4.69, 9.17) is 14.2 Å². The minimum absolute atomic E-state index is 0.0875. The average molecular weight is 459 g/mol. The number of cyclic esters (lactones) is 1. The molecule has 1 aliphatic rings. The predicted molar refractivity (Wildman–Crippen MR) is 125 cm³/mol. The Hall–Kier alpha value is -4.13. The molecule has 4 rings (SSSR count). The van der Waals surface area contributed by atoms with Gasteiger partial charge in [-0.25, -0.2) is 4.79 Å². The van der Waals surface area contributed by atoms with Crippen molar-refractivity contribution in [1.82, 2.24) is 5.32 Å². The summed E-state index contributed by atoms with van der Waals surface area (Å²) in [5.74, 6) is 1.18. The van der Waals surface area contributed by atoms with Crippen molar-refractivity contribution in [2.24, 2.45) is 0 Å². The molecule has 0 spiro atoms. The van der Waals surface area contributed by atoms with Crippen LogP contribution in [0.5, 0.6) is 17.2 Å². The monoisotopic (exact) mass is 459 g/mol. The van der Waals surface area contributed by atoms with Crippen LogP contribution in [0.4, 0.5) is 4.79 Å². The van der Waals surface area contributed by atoms with Gasteiger partial charge in [0.15, 0.2) is 5.78 Å². The fraction of sp³-hybridized carbons (Fsp3) is 0.222. The number of carbonyl (C=O) groups is 3. The molecule has 7 nitrogen and oxygen atoms in total. The van der Waals surface area contributed by atoms with E-state index >= 15 is 0 Å². The molecule has 1 saturated heterocycles. The van der Waals surface area contributed by atoms with Gasteiger partial charge in [0.25, 0.3) is 5.91 Å². The van der Waals surface area contributed by atoms with Gasteiger partial charge in [-0.2, -0.15) is 0 Å². The summed E-state index contributed by atoms with van der Waals surface area (Å²) in [5, 5.41) is 2.16. The molecule has 1 aliphatic heterocycles. The van der Waals surface area contributed by atoms with Gasteiger partial charge in [0.2, 0.25) is 5.60 Å². The molecule has 1 heterocycles. The number of hydrogen-bond acceptors (Lipinski definition) is 6. The van der Waals surface area contributed by atoms with Gasteiger partial charge >= 0.3 is 6.09 Å². The second kappa shape index (κ2) is 9.39. The third-order valence-electron chi connectivity index (χ3n) is 5.75. The molecule has 7 heteroatoms. The largest absolute Gasteiger partial charge is 0.497 e. The van der Waals surface area contributed by atoms with Crippen molar-refractivity contribution in [1.29, 1.82) is 0 Å². The Balaban J connectivity index is 1.61. The fourth-order valence-electron chi connectivity index (χ4n) is 3.84. The number of ketones is 1. The zero-order chi connectivity index (χ0) is 24.3. The summed E-state index contributed by atoms with van der Waals surface area (Å²) in [6, 6.07) is 19.2. The van der Waals surface area contributed by atoms with Crippen LogP contribution in [0.25, 0.3) is 0 Å². The predicted octanol–water partition coefficient (Wildman–Crippen LogP) is 5.15. The lowest BCUT2D eigenvalue weighted by Gasteiger charge is -2.20. The van der Waals surface area contributed by atoms with E-state index in [0.29, 0.717) is 33.9 Å². The van der Waals surface area contributed by atoms with Crippen LogP contribution in [-0.4, -0.2) is 24.9 Å². The van der Waals surface area contributed by atoms with Crippen molar-refractivity contribution in [3.8, 4) is 17.2 Å². The first-order valence-corrected chi connectivity index (χ1v) is 11.0. The number of aryl methyl sites for hydroxylation is 1. The molecular formula is C27H25NO6. The molecule has 0 bridgehead atoms. The quantitative estimate of drug-likeness (QED) is 0.469. The molecule has 1 fully saturated rings. The van der Waals surface area contributed by atoms with E-state index in [1.54, 1.807) is 67.8 Å². The summed E-state index contributed by atoms with van der Waals surface area (Å²) >= 11 is 0. The third-order valence-corrected chi connectivity index (χ3v) is 5.75. The number of imide groups is 1. The lowest BCUT2D eigenvalue weighted by atomic mass is 9.95. The van der Waals surface area contributed by atoms with Crippen molar-refractivity contribution in [3.63, 3.8) is 0 Å². The molecule has 0 radical (unpaired) electrons. The second-order valence-electron chi connectivity index (χ2n) is 8.14. The van der Waals surface area contributed by atoms with Crippen LogP contribution in [-0.2, 0) is 21.6 Å². The van der Waals surface area contributed by atoms with Crippen molar-refractivity contribution >= 4 is 17.8 Å². The van der Waals surface area contributed by atoms with E-state index in [1.165, 1.54) is 6.92 Å². The number of nitrogens with one attached hydrogen (secondary N) is 1. The number of carbonyl (C=O) groups excluding carboxylic acids is 3. The van der Waals surface area contributed by atoms with Crippen molar-refractivity contribution in [2.45, 2.75) is 32.3 Å². The summed E-state index contributed by atoms with van der Waals surface area (Å²) in [7, 11) is 1.58. The van der Waals surface area contributed by atoms with Crippen molar-refractivity contribution < 1.29 is 28.6 Å². The van der Waals surface area contributed by atoms with Gasteiger partial charge in [0.05, 0.1) is 7.11 Å². The first kappa shape index (κ1) is 23.0. The Morgan fingerprint density at radius 3 is 2.35 bits per heavy atom. The highest BCUT2D eigenvalue weighted by Gasteiger charge is 2.46. The van der Waals surface area contributed by atoms with Gasteiger partial charge in [0, 0.05) is 16.7 Å². The molecule has 0 aromatic heterocycles. The van der Waals surface area contributed by atoms with Crippen LogP contribution in [0.2, 0.25) is 0 Å². The van der Waals surface area contributed by atoms with Crippen LogP contribution >= 0.6 is 0 Å². The van der Waals surface area contributed by atoms with E-state index in [9.17, 15) is 14.4 Å². The Morgan fingerprint density at radius 1 is 0.971 bits per heavy atom. The molecule has 3 aromatic carbocycles. The first-order chi connectivity index (χ1) is 16.3. The van der Waals surface area contributed by atoms with Crippen LogP contribution in [0.1, 0.15) is 47.3 Å².